The van der Waals surface area contributed by atoms with Crippen LogP contribution in [0.5, 0.6) is 0 Å². The van der Waals surface area contributed by atoms with Crippen molar-refractivity contribution in [3.8, 4) is 0 Å². The maximum absolute atomic E-state index is 12.4. The maximum Gasteiger partial charge on any atom is 0.313 e. The van der Waals surface area contributed by atoms with Crippen molar-refractivity contribution >= 4 is 17.5 Å². The van der Waals surface area contributed by atoms with Gasteiger partial charge in [0.1, 0.15) is 12.7 Å². The molecule has 2 aromatic rings. The van der Waals surface area contributed by atoms with Crippen LogP contribution in [0.2, 0.25) is 0 Å². The van der Waals surface area contributed by atoms with E-state index in [4.69, 9.17) is 0 Å². The van der Waals surface area contributed by atoms with E-state index in [0.29, 0.717) is 25.3 Å². The minimum Gasteiger partial charge on any atom is -0.332 e. The van der Waals surface area contributed by atoms with E-state index in [1.54, 1.807) is 22.0 Å². The number of nitrogens with zero attached hydrogens (tertiary/aromatic N) is 5. The molecule has 1 saturated heterocycles. The molecular weight excluding hydrogens is 320 g/mol. The second kappa shape index (κ2) is 7.89. The lowest BCUT2D eigenvalue weighted by atomic mass is 10.1. The first-order valence-electron chi connectivity index (χ1n) is 8.40. The molecule has 0 spiro atoms. The quantitative estimate of drug-likeness (QED) is 0.815. The number of anilines is 1. The number of rotatable bonds is 4. The minimum atomic E-state index is -0.601. The number of aromatic nitrogens is 3. The standard InChI is InChI=1S/C17H22N6O2/c1-2-21-7-9-22(10-8-21)17(25)16(24)20-15-6-4-3-5-14(15)11-23-13-18-12-19-23/h3-6,12-13H,2,7-11H2,1H3,(H,20,24). The summed E-state index contributed by atoms with van der Waals surface area (Å²) in [4.78, 5) is 32.5. The lowest BCUT2D eigenvalue weighted by Gasteiger charge is -2.33. The number of carbonyl (C=O) groups excluding carboxylic acids is 2. The highest BCUT2D eigenvalue weighted by Crippen LogP contribution is 2.16. The topological polar surface area (TPSA) is 83.4 Å². The van der Waals surface area contributed by atoms with E-state index in [-0.39, 0.29) is 0 Å². The number of benzene rings is 1. The molecule has 0 unspecified atom stereocenters. The Kier molecular flexibility index (Phi) is 5.39. The highest BCUT2D eigenvalue weighted by Gasteiger charge is 2.25. The van der Waals surface area contributed by atoms with E-state index in [9.17, 15) is 9.59 Å². The van der Waals surface area contributed by atoms with Crippen molar-refractivity contribution in [3.63, 3.8) is 0 Å². The Hall–Kier alpha value is -2.74. The van der Waals surface area contributed by atoms with Crippen LogP contribution in [0, 0.1) is 0 Å². The van der Waals surface area contributed by atoms with Gasteiger partial charge in [-0.15, -0.1) is 0 Å². The molecule has 0 radical (unpaired) electrons. The van der Waals surface area contributed by atoms with Gasteiger partial charge in [-0.3, -0.25) is 9.59 Å². The summed E-state index contributed by atoms with van der Waals surface area (Å²) in [6.45, 7) is 6.30. The second-order valence-electron chi connectivity index (χ2n) is 5.93. The summed E-state index contributed by atoms with van der Waals surface area (Å²) >= 11 is 0. The van der Waals surface area contributed by atoms with Crippen molar-refractivity contribution in [2.24, 2.45) is 0 Å². The maximum atomic E-state index is 12.4. The molecule has 0 saturated carbocycles. The molecule has 3 rings (SSSR count). The third kappa shape index (κ3) is 4.21. The van der Waals surface area contributed by atoms with Gasteiger partial charge in [-0.25, -0.2) is 9.67 Å². The highest BCUT2D eigenvalue weighted by molar-refractivity contribution is 6.39. The van der Waals surface area contributed by atoms with Crippen LogP contribution in [-0.2, 0) is 16.1 Å². The molecule has 132 valence electrons. The van der Waals surface area contributed by atoms with Crippen molar-refractivity contribution in [2.75, 3.05) is 38.0 Å². The van der Waals surface area contributed by atoms with Gasteiger partial charge in [0.15, 0.2) is 0 Å². The zero-order chi connectivity index (χ0) is 17.6. The van der Waals surface area contributed by atoms with E-state index in [0.717, 1.165) is 25.2 Å². The fourth-order valence-corrected chi connectivity index (χ4v) is 2.86. The van der Waals surface area contributed by atoms with Crippen molar-refractivity contribution < 1.29 is 9.59 Å². The average molecular weight is 342 g/mol. The lowest BCUT2D eigenvalue weighted by Crippen LogP contribution is -2.51. The molecule has 2 heterocycles. The Labute approximate surface area is 146 Å². The first-order chi connectivity index (χ1) is 12.2. The first-order valence-corrected chi connectivity index (χ1v) is 8.40. The lowest BCUT2D eigenvalue weighted by molar-refractivity contribution is -0.144. The molecule has 1 aliphatic heterocycles. The monoisotopic (exact) mass is 342 g/mol. The van der Waals surface area contributed by atoms with Crippen LogP contribution in [0.4, 0.5) is 5.69 Å². The first kappa shape index (κ1) is 17.1. The van der Waals surface area contributed by atoms with Crippen LogP contribution in [0.15, 0.2) is 36.9 Å². The van der Waals surface area contributed by atoms with Gasteiger partial charge < -0.3 is 15.1 Å². The van der Waals surface area contributed by atoms with Crippen molar-refractivity contribution in [1.82, 2.24) is 24.6 Å². The number of amides is 2. The van der Waals surface area contributed by atoms with Gasteiger partial charge in [0.05, 0.1) is 6.54 Å². The Morgan fingerprint density at radius 1 is 1.16 bits per heavy atom. The zero-order valence-corrected chi connectivity index (χ0v) is 14.3. The Bertz CT molecular complexity index is 722. The van der Waals surface area contributed by atoms with Gasteiger partial charge >= 0.3 is 11.8 Å². The smallest absolute Gasteiger partial charge is 0.313 e. The van der Waals surface area contributed by atoms with E-state index in [2.05, 4.69) is 27.2 Å². The molecule has 1 fully saturated rings. The number of piperazine rings is 1. The third-order valence-electron chi connectivity index (χ3n) is 4.37. The molecule has 8 heteroatoms. The van der Waals surface area contributed by atoms with Crippen LogP contribution >= 0.6 is 0 Å². The number of hydrogen-bond acceptors (Lipinski definition) is 5. The average Bonchev–Trinajstić information content (AvgIpc) is 3.16. The number of carbonyl (C=O) groups is 2. The number of likely N-dealkylation sites (N-methyl/N-ethyl adjacent to an activating group) is 1. The molecule has 8 nitrogen and oxygen atoms in total. The highest BCUT2D eigenvalue weighted by atomic mass is 16.2. The number of para-hydroxylation sites is 1. The second-order valence-corrected chi connectivity index (χ2v) is 5.93. The molecule has 1 aromatic heterocycles. The van der Waals surface area contributed by atoms with Crippen molar-refractivity contribution in [2.45, 2.75) is 13.5 Å². The van der Waals surface area contributed by atoms with E-state index in [1.807, 2.05) is 18.2 Å². The molecule has 0 bridgehead atoms. The summed E-state index contributed by atoms with van der Waals surface area (Å²) < 4.78 is 1.66. The van der Waals surface area contributed by atoms with Gasteiger partial charge in [-0.05, 0) is 18.2 Å². The largest absolute Gasteiger partial charge is 0.332 e. The van der Waals surface area contributed by atoms with Gasteiger partial charge in [0.25, 0.3) is 0 Å². The normalized spacial score (nSPS) is 15.2. The summed E-state index contributed by atoms with van der Waals surface area (Å²) in [6.07, 6.45) is 3.07. The Morgan fingerprint density at radius 3 is 2.60 bits per heavy atom. The molecule has 0 aliphatic carbocycles. The molecule has 1 N–H and O–H groups in total. The van der Waals surface area contributed by atoms with Crippen molar-refractivity contribution in [3.05, 3.63) is 42.5 Å². The summed E-state index contributed by atoms with van der Waals surface area (Å²) in [6, 6.07) is 7.38. The van der Waals surface area contributed by atoms with Gasteiger partial charge in [-0.2, -0.15) is 5.10 Å². The van der Waals surface area contributed by atoms with E-state index < -0.39 is 11.8 Å². The molecule has 1 aromatic carbocycles. The summed E-state index contributed by atoms with van der Waals surface area (Å²) in [5.41, 5.74) is 1.48. The van der Waals surface area contributed by atoms with Gasteiger partial charge in [0.2, 0.25) is 0 Å². The van der Waals surface area contributed by atoms with Crippen LogP contribution in [0.25, 0.3) is 0 Å². The van der Waals surface area contributed by atoms with Gasteiger partial charge in [-0.1, -0.05) is 25.1 Å². The summed E-state index contributed by atoms with van der Waals surface area (Å²) in [5.74, 6) is -1.08. The summed E-state index contributed by atoms with van der Waals surface area (Å²) in [7, 11) is 0. The molecule has 25 heavy (non-hydrogen) atoms. The van der Waals surface area contributed by atoms with Crippen LogP contribution in [0.3, 0.4) is 0 Å². The number of nitrogens with one attached hydrogen (secondary N) is 1. The van der Waals surface area contributed by atoms with Gasteiger partial charge in [0, 0.05) is 31.9 Å². The van der Waals surface area contributed by atoms with Crippen LogP contribution < -0.4 is 5.32 Å². The van der Waals surface area contributed by atoms with E-state index >= 15 is 0 Å². The fourth-order valence-electron chi connectivity index (χ4n) is 2.86. The third-order valence-corrected chi connectivity index (χ3v) is 4.37. The zero-order valence-electron chi connectivity index (χ0n) is 14.3. The van der Waals surface area contributed by atoms with Crippen molar-refractivity contribution in [1.29, 1.82) is 0 Å². The number of hydrogen-bond donors (Lipinski definition) is 1. The van der Waals surface area contributed by atoms with Crippen LogP contribution in [-0.4, -0.2) is 69.1 Å². The Morgan fingerprint density at radius 2 is 1.92 bits per heavy atom. The molecule has 2 amide bonds. The SMILES string of the molecule is CCN1CCN(C(=O)C(=O)Nc2ccccc2Cn2cncn2)CC1. The molecule has 1 aliphatic rings. The summed E-state index contributed by atoms with van der Waals surface area (Å²) in [5, 5.41) is 6.81. The molecule has 0 atom stereocenters. The Balaban J connectivity index is 1.64. The molecular formula is C17H22N6O2. The minimum absolute atomic E-state index is 0.472. The van der Waals surface area contributed by atoms with Crippen LogP contribution in [0.1, 0.15) is 12.5 Å². The van der Waals surface area contributed by atoms with E-state index in [1.165, 1.54) is 6.33 Å². The fraction of sp³-hybridized carbons (Fsp3) is 0.412. The predicted octanol–water partition coefficient (Wildman–Crippen LogP) is 0.429. The predicted molar refractivity (Wildman–Crippen MR) is 92.9 cm³/mol.